The summed E-state index contributed by atoms with van der Waals surface area (Å²) in [6.07, 6.45) is 1.70. The molecular weight excluding hydrogens is 209 g/mol. The fourth-order valence-corrected chi connectivity index (χ4v) is 1.19. The third kappa shape index (κ3) is 4.01. The summed E-state index contributed by atoms with van der Waals surface area (Å²) in [4.78, 5) is 12.7. The van der Waals surface area contributed by atoms with Crippen molar-refractivity contribution in [1.29, 1.82) is 1.34 Å². The molecule has 0 N–H and O–H groups in total. The molecule has 1 rings (SSSR count). The Balaban J connectivity index is 2.85. The minimum absolute atomic E-state index is 0.340. The van der Waals surface area contributed by atoms with Gasteiger partial charge in [0.1, 0.15) is 5.82 Å². The third-order valence-corrected chi connectivity index (χ3v) is 1.83. The average Bonchev–Trinajstić information content (AvgIpc) is 2.20. The molecule has 1 aromatic heterocycles. The van der Waals surface area contributed by atoms with Gasteiger partial charge in [-0.1, -0.05) is 11.9 Å². The van der Waals surface area contributed by atoms with Gasteiger partial charge in [0, 0.05) is 17.5 Å². The highest BCUT2D eigenvalue weighted by Crippen LogP contribution is 2.18. The van der Waals surface area contributed by atoms with Crippen LogP contribution >= 0.6 is 11.9 Å². The quantitative estimate of drug-likeness (QED) is 0.331. The van der Waals surface area contributed by atoms with E-state index < -0.39 is 0 Å². The molecule has 1 heterocycles. The Bertz CT molecular complexity index is 385. The van der Waals surface area contributed by atoms with E-state index in [1.807, 2.05) is 20.8 Å². The number of aryl methyl sites for hydroxylation is 1. The minimum Gasteiger partial charge on any atom is -0.323 e. The fraction of sp³-hybridized carbons (Fsp3) is 0.444. The molecule has 1 aromatic rings. The third-order valence-electron chi connectivity index (χ3n) is 1.57. The highest BCUT2D eigenvalue weighted by Gasteiger charge is 2.04. The number of rotatable bonds is 5. The van der Waals surface area contributed by atoms with Gasteiger partial charge in [-0.05, 0) is 22.1 Å². The maximum absolute atomic E-state index is 6.82. The van der Waals surface area contributed by atoms with Crippen molar-refractivity contribution >= 4 is 30.5 Å². The summed E-state index contributed by atoms with van der Waals surface area (Å²) in [5, 5.41) is 0. The van der Waals surface area contributed by atoms with E-state index in [0.29, 0.717) is 18.2 Å². The molecule has 0 aliphatic heterocycles. The Labute approximate surface area is 96.4 Å². The number of nitrogens with zero attached hydrogens (tertiary/aromatic N) is 3. The normalized spacial score (nSPS) is 10.7. The van der Waals surface area contributed by atoms with Crippen LogP contribution in [0.4, 0.5) is 5.82 Å². The first-order valence-corrected chi connectivity index (χ1v) is 5.26. The van der Waals surface area contributed by atoms with Crippen LogP contribution in [0, 0.1) is 6.92 Å². The first-order valence-electron chi connectivity index (χ1n) is 5.04. The summed E-state index contributed by atoms with van der Waals surface area (Å²) in [5.74, 6) is 1.32. The lowest BCUT2D eigenvalue weighted by molar-refractivity contribution is 0.368. The molecule has 0 aromatic carbocycles. The van der Waals surface area contributed by atoms with E-state index in [-0.39, 0.29) is 0 Å². The van der Waals surface area contributed by atoms with Crippen LogP contribution < -0.4 is 0 Å². The van der Waals surface area contributed by atoms with Gasteiger partial charge in [-0.2, -0.15) is 0 Å². The lowest BCUT2D eigenvalue weighted by atomic mass is 10.3. The molecule has 4 nitrogen and oxygen atoms in total. The Morgan fingerprint density at radius 2 is 2.53 bits per heavy atom. The molecule has 0 saturated carbocycles. The molecule has 6 heteroatoms. The van der Waals surface area contributed by atoms with Crippen LogP contribution in [0.5, 0.6) is 0 Å². The van der Waals surface area contributed by atoms with Crippen LogP contribution in [0.25, 0.3) is 0 Å². The zero-order valence-electron chi connectivity index (χ0n) is 10.0. The van der Waals surface area contributed by atoms with Crippen molar-refractivity contribution in [2.75, 3.05) is 0 Å². The first-order chi connectivity index (χ1) is 7.63. The van der Waals surface area contributed by atoms with Crippen molar-refractivity contribution in [2.45, 2.75) is 27.4 Å². The van der Waals surface area contributed by atoms with Crippen LogP contribution in [0.2, 0.25) is 0 Å². The standard InChI is InChI=1S/C9H13BN3OS/c1-6(2)12-9-8(5-14-15-10)4-11-7(3)13-9/h4,10H,5H2,1-3H3/i10T. The smallest absolute Gasteiger partial charge is 0.209 e. The molecule has 0 atom stereocenters. The van der Waals surface area contributed by atoms with Crippen molar-refractivity contribution in [3.05, 3.63) is 17.6 Å². The predicted molar refractivity (Wildman–Crippen MR) is 64.7 cm³/mol. The fourth-order valence-electron chi connectivity index (χ4n) is 0.991. The van der Waals surface area contributed by atoms with E-state index >= 15 is 0 Å². The topological polar surface area (TPSA) is 47.4 Å². The molecule has 79 valence electrons. The van der Waals surface area contributed by atoms with E-state index in [0.717, 1.165) is 30.3 Å². The molecular formula is C9H13BN3OS. The van der Waals surface area contributed by atoms with Crippen LogP contribution in [0.3, 0.4) is 0 Å². The van der Waals surface area contributed by atoms with Crippen molar-refractivity contribution in [3.8, 4) is 0 Å². The van der Waals surface area contributed by atoms with Crippen molar-refractivity contribution in [3.63, 3.8) is 0 Å². The Morgan fingerprint density at radius 1 is 1.73 bits per heavy atom. The lowest BCUT2D eigenvalue weighted by Gasteiger charge is -2.05. The van der Waals surface area contributed by atoms with Gasteiger partial charge < -0.3 is 4.18 Å². The van der Waals surface area contributed by atoms with Gasteiger partial charge >= 0.3 is 0 Å². The summed E-state index contributed by atoms with van der Waals surface area (Å²) < 4.78 is 12.0. The van der Waals surface area contributed by atoms with Crippen LogP contribution in [0.1, 0.15) is 25.2 Å². The Hall–Kier alpha value is -0.875. The number of aliphatic imine (C=N–C) groups is 1. The lowest BCUT2D eigenvalue weighted by Crippen LogP contribution is -1.96. The van der Waals surface area contributed by atoms with E-state index in [1.54, 1.807) is 6.20 Å². The van der Waals surface area contributed by atoms with Crippen molar-refractivity contribution in [2.24, 2.45) is 4.99 Å². The van der Waals surface area contributed by atoms with Gasteiger partial charge in [0.2, 0.25) is 7.09 Å². The van der Waals surface area contributed by atoms with Gasteiger partial charge in [-0.15, -0.1) is 0 Å². The first kappa shape index (κ1) is 10.6. The molecule has 0 unspecified atom stereocenters. The zero-order valence-corrected chi connectivity index (χ0v) is 9.84. The summed E-state index contributed by atoms with van der Waals surface area (Å²) in [5.41, 5.74) is 1.75. The highest BCUT2D eigenvalue weighted by molar-refractivity contribution is 8.15. The number of aromatic nitrogens is 2. The SMILES string of the molecule is [3H][B]SOCc1cnc(C)nc1N=C(C)C. The summed E-state index contributed by atoms with van der Waals surface area (Å²) in [7, 11) is 1.13. The van der Waals surface area contributed by atoms with Gasteiger partial charge in [0.05, 0.1) is 6.61 Å². The largest absolute Gasteiger partial charge is 0.323 e. The van der Waals surface area contributed by atoms with E-state index in [4.69, 9.17) is 5.52 Å². The van der Waals surface area contributed by atoms with Gasteiger partial charge in [-0.25, -0.2) is 15.0 Å². The van der Waals surface area contributed by atoms with Crippen molar-refractivity contribution < 1.29 is 4.18 Å². The molecule has 0 spiro atoms. The average molecular weight is 224 g/mol. The van der Waals surface area contributed by atoms with Crippen LogP contribution in [-0.4, -0.2) is 24.1 Å². The molecule has 0 amide bonds. The minimum atomic E-state index is 0.340. The molecule has 0 aliphatic rings. The van der Waals surface area contributed by atoms with Crippen LogP contribution in [-0.2, 0) is 10.8 Å². The maximum Gasteiger partial charge on any atom is 0.209 e. The van der Waals surface area contributed by atoms with E-state index in [2.05, 4.69) is 15.0 Å². The highest BCUT2D eigenvalue weighted by atomic mass is 32.2. The van der Waals surface area contributed by atoms with Gasteiger partial charge in [-0.3, -0.25) is 0 Å². The van der Waals surface area contributed by atoms with Crippen molar-refractivity contribution in [1.82, 2.24) is 9.97 Å². The van der Waals surface area contributed by atoms with E-state index in [1.165, 1.54) is 0 Å². The second-order valence-electron chi connectivity index (χ2n) is 3.18. The van der Waals surface area contributed by atoms with Crippen LogP contribution in [0.15, 0.2) is 11.2 Å². The Kier molecular flexibility index (Phi) is 4.16. The molecule has 0 fully saturated rings. The Morgan fingerprint density at radius 3 is 3.20 bits per heavy atom. The summed E-state index contributed by atoms with van der Waals surface area (Å²) in [6, 6.07) is 0. The summed E-state index contributed by atoms with van der Waals surface area (Å²) in [6.45, 7) is 5.98. The monoisotopic (exact) mass is 224 g/mol. The summed E-state index contributed by atoms with van der Waals surface area (Å²) >= 11 is 0.972. The molecule has 1 radical (unpaired) electrons. The number of hydrogen-bond donors (Lipinski definition) is 0. The van der Waals surface area contributed by atoms with E-state index in [9.17, 15) is 0 Å². The molecule has 15 heavy (non-hydrogen) atoms. The maximum atomic E-state index is 6.82. The molecule has 0 saturated heterocycles. The van der Waals surface area contributed by atoms with Gasteiger partial charge in [0.25, 0.3) is 0 Å². The molecule has 0 bridgehead atoms. The second-order valence-corrected chi connectivity index (χ2v) is 3.61. The zero-order chi connectivity index (χ0) is 12.0. The van der Waals surface area contributed by atoms with Gasteiger partial charge in [0.15, 0.2) is 5.82 Å². The predicted octanol–water partition coefficient (Wildman–Crippen LogP) is 1.88. The second kappa shape index (κ2) is 5.87. The molecule has 0 aliphatic carbocycles. The number of hydrogen-bond acceptors (Lipinski definition) is 5.